The lowest BCUT2D eigenvalue weighted by atomic mass is 9.95. The van der Waals surface area contributed by atoms with Gasteiger partial charge in [0.15, 0.2) is 5.17 Å². The van der Waals surface area contributed by atoms with Crippen LogP contribution in [-0.4, -0.2) is 21.1 Å². The number of amidine groups is 1. The van der Waals surface area contributed by atoms with Crippen LogP contribution in [0, 0.1) is 0 Å². The zero-order chi connectivity index (χ0) is 20.0. The lowest BCUT2D eigenvalue weighted by molar-refractivity contribution is -0.133. The molecule has 0 aliphatic carbocycles. The number of aliphatic carboxylic acids is 1. The van der Waals surface area contributed by atoms with Gasteiger partial charge in [-0.3, -0.25) is 0 Å². The molecule has 0 bridgehead atoms. The fourth-order valence-electron chi connectivity index (χ4n) is 3.29. The number of hydrogen-bond acceptors (Lipinski definition) is 4. The maximum atomic E-state index is 12.0. The van der Waals surface area contributed by atoms with Crippen LogP contribution in [-0.2, 0) is 4.79 Å². The summed E-state index contributed by atoms with van der Waals surface area (Å²) in [6.07, 6.45) is 1.83. The Kier molecular flexibility index (Phi) is 5.19. The number of carbonyl (C=O) groups is 1. The van der Waals surface area contributed by atoms with Crippen LogP contribution in [0.1, 0.15) is 24.1 Å². The molecule has 1 unspecified atom stereocenters. The Hall–Kier alpha value is -1.92. The van der Waals surface area contributed by atoms with E-state index in [1.165, 1.54) is 11.8 Å². The first kappa shape index (κ1) is 19.4. The second kappa shape index (κ2) is 7.48. The third kappa shape index (κ3) is 3.22. The van der Waals surface area contributed by atoms with Gasteiger partial charge in [-0.05, 0) is 42.4 Å². The SMILES string of the molecule is CC1=C(C(=O)O)C(c2ccccc2Cl)N2C=C(c3c(Cl)cccc3Cl)SC2=N1. The smallest absolute Gasteiger partial charge is 0.335 e. The number of benzene rings is 2. The highest BCUT2D eigenvalue weighted by Gasteiger charge is 2.40. The van der Waals surface area contributed by atoms with Crippen molar-refractivity contribution >= 4 is 62.6 Å². The summed E-state index contributed by atoms with van der Waals surface area (Å²) < 4.78 is 0. The maximum Gasteiger partial charge on any atom is 0.335 e. The Morgan fingerprint density at radius 3 is 2.36 bits per heavy atom. The van der Waals surface area contributed by atoms with Gasteiger partial charge in [0.2, 0.25) is 0 Å². The average molecular weight is 452 g/mol. The minimum Gasteiger partial charge on any atom is -0.478 e. The first-order valence-corrected chi connectivity index (χ1v) is 10.2. The van der Waals surface area contributed by atoms with Gasteiger partial charge in [-0.1, -0.05) is 59.1 Å². The number of allylic oxidation sites excluding steroid dienone is 1. The Bertz CT molecular complexity index is 1070. The predicted octanol–water partition coefficient (Wildman–Crippen LogP) is 6.46. The van der Waals surface area contributed by atoms with E-state index in [4.69, 9.17) is 34.8 Å². The van der Waals surface area contributed by atoms with E-state index in [-0.39, 0.29) is 5.57 Å². The number of aliphatic imine (C=N–C) groups is 1. The van der Waals surface area contributed by atoms with Gasteiger partial charge in [0, 0.05) is 21.7 Å². The molecular weight excluding hydrogens is 439 g/mol. The van der Waals surface area contributed by atoms with Crippen molar-refractivity contribution in [2.45, 2.75) is 13.0 Å². The van der Waals surface area contributed by atoms with E-state index < -0.39 is 12.0 Å². The molecule has 4 nitrogen and oxygen atoms in total. The molecule has 0 amide bonds. The summed E-state index contributed by atoms with van der Waals surface area (Å²) in [5, 5.41) is 12.0. The minimum atomic E-state index is -1.03. The highest BCUT2D eigenvalue weighted by Crippen LogP contribution is 2.49. The van der Waals surface area contributed by atoms with Crippen LogP contribution in [0.4, 0.5) is 0 Å². The van der Waals surface area contributed by atoms with Crippen molar-refractivity contribution in [1.29, 1.82) is 0 Å². The lowest BCUT2D eigenvalue weighted by Crippen LogP contribution is -2.33. The molecule has 142 valence electrons. The van der Waals surface area contributed by atoms with Gasteiger partial charge in [-0.2, -0.15) is 0 Å². The molecule has 0 aromatic heterocycles. The fraction of sp³-hybridized carbons (Fsp3) is 0.100. The summed E-state index contributed by atoms with van der Waals surface area (Å²) in [7, 11) is 0. The van der Waals surface area contributed by atoms with Crippen molar-refractivity contribution in [2.75, 3.05) is 0 Å². The number of rotatable bonds is 3. The van der Waals surface area contributed by atoms with E-state index in [0.717, 1.165) is 4.91 Å². The molecule has 2 aliphatic rings. The molecule has 1 N–H and O–H groups in total. The van der Waals surface area contributed by atoms with Gasteiger partial charge < -0.3 is 10.0 Å². The monoisotopic (exact) mass is 450 g/mol. The summed E-state index contributed by atoms with van der Waals surface area (Å²) in [4.78, 5) is 19.2. The number of fused-ring (bicyclic) bond motifs is 1. The Morgan fingerprint density at radius 1 is 1.07 bits per heavy atom. The molecule has 8 heteroatoms. The van der Waals surface area contributed by atoms with Gasteiger partial charge in [0.1, 0.15) is 0 Å². The quantitative estimate of drug-likeness (QED) is 0.581. The van der Waals surface area contributed by atoms with Crippen molar-refractivity contribution in [1.82, 2.24) is 4.90 Å². The van der Waals surface area contributed by atoms with Crippen molar-refractivity contribution < 1.29 is 9.90 Å². The lowest BCUT2D eigenvalue weighted by Gasteiger charge is -2.33. The second-order valence-corrected chi connectivity index (χ2v) is 8.45. The molecule has 28 heavy (non-hydrogen) atoms. The van der Waals surface area contributed by atoms with Crippen molar-refractivity contribution in [2.24, 2.45) is 4.99 Å². The number of hydrogen-bond donors (Lipinski definition) is 1. The van der Waals surface area contributed by atoms with E-state index in [9.17, 15) is 9.90 Å². The molecule has 0 spiro atoms. The van der Waals surface area contributed by atoms with Crippen LogP contribution < -0.4 is 0 Å². The number of thioether (sulfide) groups is 1. The summed E-state index contributed by atoms with van der Waals surface area (Å²) in [6, 6.07) is 11.9. The number of halogens is 3. The van der Waals surface area contributed by atoms with Crippen LogP contribution >= 0.6 is 46.6 Å². The second-order valence-electron chi connectivity index (χ2n) is 6.22. The Balaban J connectivity index is 1.89. The normalized spacial score (nSPS) is 18.7. The fourth-order valence-corrected chi connectivity index (χ4v) is 5.37. The van der Waals surface area contributed by atoms with Gasteiger partial charge in [0.05, 0.1) is 27.4 Å². The molecule has 2 aliphatic heterocycles. The third-order valence-electron chi connectivity index (χ3n) is 4.52. The number of carboxylic acids is 1. The van der Waals surface area contributed by atoms with Gasteiger partial charge in [-0.15, -0.1) is 0 Å². The topological polar surface area (TPSA) is 52.9 Å². The van der Waals surface area contributed by atoms with Crippen LogP contribution in [0.5, 0.6) is 0 Å². The standard InChI is InChI=1S/C20H13Cl3N2O2S/c1-10-16(19(26)27)18(11-5-2-3-6-12(11)21)25-9-15(28-20(25)24-10)17-13(22)7-4-8-14(17)23/h2-9,18H,1H3,(H,26,27). The molecular formula is C20H13Cl3N2O2S. The largest absolute Gasteiger partial charge is 0.478 e. The van der Waals surface area contributed by atoms with Gasteiger partial charge in [0.25, 0.3) is 0 Å². The molecule has 0 radical (unpaired) electrons. The molecule has 2 aromatic rings. The molecule has 0 saturated heterocycles. The van der Waals surface area contributed by atoms with E-state index in [0.29, 0.717) is 37.1 Å². The summed E-state index contributed by atoms with van der Waals surface area (Å²) in [5.74, 6) is -1.03. The summed E-state index contributed by atoms with van der Waals surface area (Å²) in [6.45, 7) is 1.69. The summed E-state index contributed by atoms with van der Waals surface area (Å²) in [5.41, 5.74) is 2.01. The predicted molar refractivity (Wildman–Crippen MR) is 116 cm³/mol. The first-order chi connectivity index (χ1) is 13.4. The van der Waals surface area contributed by atoms with E-state index >= 15 is 0 Å². The van der Waals surface area contributed by atoms with Crippen LogP contribution in [0.25, 0.3) is 4.91 Å². The van der Waals surface area contributed by atoms with Gasteiger partial charge in [-0.25, -0.2) is 9.79 Å². The molecule has 4 rings (SSSR count). The highest BCUT2D eigenvalue weighted by molar-refractivity contribution is 8.22. The van der Waals surface area contributed by atoms with Crippen molar-refractivity contribution in [3.8, 4) is 0 Å². The summed E-state index contributed by atoms with van der Waals surface area (Å²) >= 11 is 20.6. The highest BCUT2D eigenvalue weighted by atomic mass is 35.5. The van der Waals surface area contributed by atoms with Crippen molar-refractivity contribution in [3.05, 3.63) is 86.1 Å². The molecule has 2 aromatic carbocycles. The zero-order valence-electron chi connectivity index (χ0n) is 14.5. The van der Waals surface area contributed by atoms with E-state index in [2.05, 4.69) is 4.99 Å². The van der Waals surface area contributed by atoms with Crippen LogP contribution in [0.2, 0.25) is 15.1 Å². The zero-order valence-corrected chi connectivity index (χ0v) is 17.6. The maximum absolute atomic E-state index is 12.0. The molecule has 0 fully saturated rings. The minimum absolute atomic E-state index is 0.181. The van der Waals surface area contributed by atoms with Crippen LogP contribution in [0.15, 0.2) is 64.9 Å². The van der Waals surface area contributed by atoms with Crippen molar-refractivity contribution in [3.63, 3.8) is 0 Å². The molecule has 1 atom stereocenters. The number of nitrogens with zero attached hydrogens (tertiary/aromatic N) is 2. The van der Waals surface area contributed by atoms with E-state index in [1.54, 1.807) is 31.2 Å². The number of carboxylic acid groups (broad SMARTS) is 1. The average Bonchev–Trinajstić information content (AvgIpc) is 3.03. The Labute approximate surface area is 181 Å². The Morgan fingerprint density at radius 2 is 1.71 bits per heavy atom. The molecule has 0 saturated carbocycles. The first-order valence-electron chi connectivity index (χ1n) is 8.28. The van der Waals surface area contributed by atoms with Crippen LogP contribution in [0.3, 0.4) is 0 Å². The van der Waals surface area contributed by atoms with Gasteiger partial charge >= 0.3 is 5.97 Å². The van der Waals surface area contributed by atoms with E-state index in [1.807, 2.05) is 29.3 Å². The third-order valence-corrected chi connectivity index (χ3v) is 6.51. The molecule has 2 heterocycles.